The number of Topliss-reactive ketones (excluding diaryl/α,β-unsaturated/α-hetero) is 1. The van der Waals surface area contributed by atoms with Gasteiger partial charge in [0, 0.05) is 45.1 Å². The number of rotatable bonds is 8. The standard InChI is InChI=1S/C18H34N2O2/c1-2-3-5-16(20-14-9-18(22)10-15-20)6-4-11-19-12-7-17(21)8-13-19/h16,18,22H,2-15H2,1H3. The van der Waals surface area contributed by atoms with Crippen LogP contribution in [0.5, 0.6) is 0 Å². The maximum atomic E-state index is 11.3. The van der Waals surface area contributed by atoms with Gasteiger partial charge in [-0.3, -0.25) is 4.79 Å². The van der Waals surface area contributed by atoms with E-state index in [-0.39, 0.29) is 6.10 Å². The number of aliphatic hydroxyl groups is 1. The number of carbonyl (C=O) groups excluding carboxylic acids is 1. The maximum absolute atomic E-state index is 11.3. The fraction of sp³-hybridized carbons (Fsp3) is 0.944. The highest BCUT2D eigenvalue weighted by Gasteiger charge is 2.24. The minimum atomic E-state index is -0.0750. The first kappa shape index (κ1) is 17.9. The molecule has 0 saturated carbocycles. The van der Waals surface area contributed by atoms with Crippen LogP contribution in [0.2, 0.25) is 0 Å². The van der Waals surface area contributed by atoms with Crippen molar-refractivity contribution in [3.63, 3.8) is 0 Å². The van der Waals surface area contributed by atoms with Gasteiger partial charge in [0.2, 0.25) is 0 Å². The Bertz CT molecular complexity index is 317. The molecule has 1 N–H and O–H groups in total. The van der Waals surface area contributed by atoms with Crippen LogP contribution in [0.4, 0.5) is 0 Å². The minimum absolute atomic E-state index is 0.0750. The average Bonchev–Trinajstić information content (AvgIpc) is 2.53. The van der Waals surface area contributed by atoms with Crippen molar-refractivity contribution in [1.29, 1.82) is 0 Å². The van der Waals surface area contributed by atoms with Crippen molar-refractivity contribution in [3.8, 4) is 0 Å². The summed E-state index contributed by atoms with van der Waals surface area (Å²) in [4.78, 5) is 16.4. The van der Waals surface area contributed by atoms with E-state index in [1.54, 1.807) is 0 Å². The lowest BCUT2D eigenvalue weighted by atomic mass is 9.98. The summed E-state index contributed by atoms with van der Waals surface area (Å²) in [5.41, 5.74) is 0. The maximum Gasteiger partial charge on any atom is 0.135 e. The monoisotopic (exact) mass is 310 g/mol. The van der Waals surface area contributed by atoms with Crippen molar-refractivity contribution in [1.82, 2.24) is 9.80 Å². The van der Waals surface area contributed by atoms with E-state index in [0.717, 1.165) is 58.4 Å². The number of unbranched alkanes of at least 4 members (excludes halogenated alkanes) is 1. The van der Waals surface area contributed by atoms with Gasteiger partial charge in [0.05, 0.1) is 6.10 Å². The molecule has 0 spiro atoms. The van der Waals surface area contributed by atoms with Crippen LogP contribution < -0.4 is 0 Å². The molecule has 2 saturated heterocycles. The van der Waals surface area contributed by atoms with Crippen LogP contribution in [0.15, 0.2) is 0 Å². The van der Waals surface area contributed by atoms with Crippen molar-refractivity contribution in [2.45, 2.75) is 76.9 Å². The summed E-state index contributed by atoms with van der Waals surface area (Å²) < 4.78 is 0. The van der Waals surface area contributed by atoms with Gasteiger partial charge in [-0.1, -0.05) is 19.8 Å². The molecule has 2 heterocycles. The lowest BCUT2D eigenvalue weighted by Gasteiger charge is -2.37. The zero-order valence-electron chi connectivity index (χ0n) is 14.3. The van der Waals surface area contributed by atoms with E-state index in [1.807, 2.05) is 0 Å². The Morgan fingerprint density at radius 2 is 1.73 bits per heavy atom. The molecule has 0 amide bonds. The molecule has 2 fully saturated rings. The predicted molar refractivity (Wildman–Crippen MR) is 90.0 cm³/mol. The molecule has 2 aliphatic rings. The van der Waals surface area contributed by atoms with Crippen LogP contribution in [0.1, 0.15) is 64.7 Å². The second kappa shape index (κ2) is 9.64. The van der Waals surface area contributed by atoms with Crippen molar-refractivity contribution in [2.75, 3.05) is 32.7 Å². The van der Waals surface area contributed by atoms with Crippen LogP contribution in [0, 0.1) is 0 Å². The van der Waals surface area contributed by atoms with Crippen LogP contribution in [-0.4, -0.2) is 65.6 Å². The van der Waals surface area contributed by atoms with Crippen LogP contribution in [-0.2, 0) is 4.79 Å². The first-order chi connectivity index (χ1) is 10.7. The fourth-order valence-electron chi connectivity index (χ4n) is 3.78. The summed E-state index contributed by atoms with van der Waals surface area (Å²) in [5, 5.41) is 9.69. The third-order valence-corrected chi connectivity index (χ3v) is 5.33. The molecule has 0 aromatic heterocycles. The molecule has 0 aromatic rings. The molecule has 2 aliphatic heterocycles. The van der Waals surface area contributed by atoms with Crippen molar-refractivity contribution >= 4 is 5.78 Å². The molecule has 0 bridgehead atoms. The number of hydrogen-bond donors (Lipinski definition) is 1. The summed E-state index contributed by atoms with van der Waals surface area (Å²) in [6.45, 7) is 7.47. The zero-order valence-corrected chi connectivity index (χ0v) is 14.3. The Kier molecular flexibility index (Phi) is 7.84. The number of piperidine rings is 2. The molecule has 1 unspecified atom stereocenters. The number of ketones is 1. The van der Waals surface area contributed by atoms with E-state index in [2.05, 4.69) is 16.7 Å². The predicted octanol–water partition coefficient (Wildman–Crippen LogP) is 2.45. The number of carbonyl (C=O) groups is 1. The molecule has 0 aliphatic carbocycles. The van der Waals surface area contributed by atoms with Crippen LogP contribution in [0.25, 0.3) is 0 Å². The van der Waals surface area contributed by atoms with E-state index in [0.29, 0.717) is 11.8 Å². The summed E-state index contributed by atoms with van der Waals surface area (Å²) >= 11 is 0. The SMILES string of the molecule is CCCCC(CCCN1CCC(=O)CC1)N1CCC(O)CC1. The number of aliphatic hydroxyl groups excluding tert-OH is 1. The Morgan fingerprint density at radius 3 is 2.36 bits per heavy atom. The Balaban J connectivity index is 1.70. The van der Waals surface area contributed by atoms with E-state index >= 15 is 0 Å². The van der Waals surface area contributed by atoms with Crippen molar-refractivity contribution in [3.05, 3.63) is 0 Å². The number of nitrogens with zero attached hydrogens (tertiary/aromatic N) is 2. The lowest BCUT2D eigenvalue weighted by molar-refractivity contribution is -0.121. The summed E-state index contributed by atoms with van der Waals surface area (Å²) in [7, 11) is 0. The fourth-order valence-corrected chi connectivity index (χ4v) is 3.78. The Morgan fingerprint density at radius 1 is 1.09 bits per heavy atom. The van der Waals surface area contributed by atoms with Gasteiger partial charge in [-0.2, -0.15) is 0 Å². The Labute approximate surface area is 135 Å². The molecule has 128 valence electrons. The topological polar surface area (TPSA) is 43.8 Å². The normalized spacial score (nSPS) is 23.8. The molecular formula is C18H34N2O2. The van der Waals surface area contributed by atoms with Crippen LogP contribution in [0.3, 0.4) is 0 Å². The van der Waals surface area contributed by atoms with Crippen LogP contribution >= 0.6 is 0 Å². The van der Waals surface area contributed by atoms with Gasteiger partial charge in [-0.15, -0.1) is 0 Å². The smallest absolute Gasteiger partial charge is 0.135 e. The van der Waals surface area contributed by atoms with E-state index < -0.39 is 0 Å². The van der Waals surface area contributed by atoms with Crippen molar-refractivity contribution < 1.29 is 9.90 Å². The molecule has 4 heteroatoms. The highest BCUT2D eigenvalue weighted by Crippen LogP contribution is 2.20. The number of hydrogen-bond acceptors (Lipinski definition) is 4. The highest BCUT2D eigenvalue weighted by atomic mass is 16.3. The van der Waals surface area contributed by atoms with E-state index in [1.165, 1.54) is 32.1 Å². The third-order valence-electron chi connectivity index (χ3n) is 5.33. The molecule has 4 nitrogen and oxygen atoms in total. The molecule has 0 radical (unpaired) electrons. The van der Waals surface area contributed by atoms with Gasteiger partial charge in [0.15, 0.2) is 0 Å². The van der Waals surface area contributed by atoms with Gasteiger partial charge >= 0.3 is 0 Å². The highest BCUT2D eigenvalue weighted by molar-refractivity contribution is 5.79. The van der Waals surface area contributed by atoms with Gasteiger partial charge in [0.1, 0.15) is 5.78 Å². The second-order valence-electron chi connectivity index (χ2n) is 7.09. The summed E-state index contributed by atoms with van der Waals surface area (Å²) in [5.74, 6) is 0.434. The van der Waals surface area contributed by atoms with Gasteiger partial charge in [-0.05, 0) is 38.6 Å². The van der Waals surface area contributed by atoms with E-state index in [4.69, 9.17) is 0 Å². The molecule has 22 heavy (non-hydrogen) atoms. The largest absolute Gasteiger partial charge is 0.393 e. The summed E-state index contributed by atoms with van der Waals surface area (Å²) in [6.07, 6.45) is 9.69. The average molecular weight is 310 g/mol. The second-order valence-corrected chi connectivity index (χ2v) is 7.09. The van der Waals surface area contributed by atoms with Gasteiger partial charge < -0.3 is 14.9 Å². The lowest BCUT2D eigenvalue weighted by Crippen LogP contribution is -2.43. The first-order valence-corrected chi connectivity index (χ1v) is 9.35. The van der Waals surface area contributed by atoms with Gasteiger partial charge in [0.25, 0.3) is 0 Å². The molecular weight excluding hydrogens is 276 g/mol. The summed E-state index contributed by atoms with van der Waals surface area (Å²) in [6, 6.07) is 0.693. The zero-order chi connectivity index (χ0) is 15.8. The Hall–Kier alpha value is -0.450. The first-order valence-electron chi connectivity index (χ1n) is 9.35. The van der Waals surface area contributed by atoms with Gasteiger partial charge in [-0.25, -0.2) is 0 Å². The minimum Gasteiger partial charge on any atom is -0.393 e. The third kappa shape index (κ3) is 5.98. The molecule has 1 atom stereocenters. The number of likely N-dealkylation sites (tertiary alicyclic amines) is 2. The molecule has 0 aromatic carbocycles. The van der Waals surface area contributed by atoms with E-state index in [9.17, 15) is 9.90 Å². The van der Waals surface area contributed by atoms with Crippen molar-refractivity contribution in [2.24, 2.45) is 0 Å². The quantitative estimate of drug-likeness (QED) is 0.748. The molecule has 2 rings (SSSR count).